The van der Waals surface area contributed by atoms with Gasteiger partial charge < -0.3 is 15.2 Å². The molecule has 3 unspecified atom stereocenters. The van der Waals surface area contributed by atoms with Crippen LogP contribution >= 0.6 is 0 Å². The fourth-order valence-electron chi connectivity index (χ4n) is 2.64. The maximum Gasteiger partial charge on any atom is 0.319 e. The van der Waals surface area contributed by atoms with E-state index in [4.69, 9.17) is 4.74 Å². The minimum Gasteiger partial charge on any atom is -0.389 e. The van der Waals surface area contributed by atoms with Crippen LogP contribution in [-0.2, 0) is 4.74 Å². The van der Waals surface area contributed by atoms with E-state index in [2.05, 4.69) is 12.2 Å². The fourth-order valence-corrected chi connectivity index (χ4v) is 2.64. The molecule has 21 heavy (non-hydrogen) atoms. The summed E-state index contributed by atoms with van der Waals surface area (Å²) in [6.45, 7) is 0.791. The first-order valence-corrected chi connectivity index (χ1v) is 7.53. The first kappa shape index (κ1) is 18.6. The van der Waals surface area contributed by atoms with Crippen LogP contribution in [0, 0.1) is 5.92 Å². The van der Waals surface area contributed by atoms with Gasteiger partial charge >= 0.3 is 12.3 Å². The SMILES string of the molecule is CCC1CCCCC1OCC(O)CNCC(F)(F)C(F)F. The number of aliphatic hydroxyl groups excluding tert-OH is 1. The van der Waals surface area contributed by atoms with E-state index < -0.39 is 25.0 Å². The first-order chi connectivity index (χ1) is 9.86. The molecule has 0 aliphatic heterocycles. The normalized spacial score (nSPS) is 25.3. The van der Waals surface area contributed by atoms with E-state index in [1.54, 1.807) is 0 Å². The highest BCUT2D eigenvalue weighted by Crippen LogP contribution is 2.29. The molecule has 3 nitrogen and oxygen atoms in total. The monoisotopic (exact) mass is 315 g/mol. The van der Waals surface area contributed by atoms with Crippen LogP contribution in [0.3, 0.4) is 0 Å². The van der Waals surface area contributed by atoms with E-state index in [1.165, 1.54) is 6.42 Å². The van der Waals surface area contributed by atoms with Crippen LogP contribution in [0.25, 0.3) is 0 Å². The van der Waals surface area contributed by atoms with Gasteiger partial charge in [0, 0.05) is 6.54 Å². The lowest BCUT2D eigenvalue weighted by atomic mass is 9.85. The molecule has 0 aromatic carbocycles. The second kappa shape index (κ2) is 8.90. The summed E-state index contributed by atoms with van der Waals surface area (Å²) in [6.07, 6.45) is 0.767. The first-order valence-electron chi connectivity index (χ1n) is 7.53. The van der Waals surface area contributed by atoms with Gasteiger partial charge in [-0.1, -0.05) is 26.2 Å². The van der Waals surface area contributed by atoms with Crippen molar-refractivity contribution in [1.82, 2.24) is 5.32 Å². The molecule has 1 aliphatic rings. The largest absolute Gasteiger partial charge is 0.389 e. The molecule has 0 bridgehead atoms. The molecule has 1 fully saturated rings. The van der Waals surface area contributed by atoms with Gasteiger partial charge in [0.25, 0.3) is 0 Å². The topological polar surface area (TPSA) is 41.5 Å². The van der Waals surface area contributed by atoms with E-state index in [0.29, 0.717) is 5.92 Å². The Labute approximate surface area is 123 Å². The van der Waals surface area contributed by atoms with Crippen LogP contribution in [0.2, 0.25) is 0 Å². The zero-order chi connectivity index (χ0) is 15.9. The Hall–Kier alpha value is -0.400. The predicted octanol–water partition coefficient (Wildman–Crippen LogP) is 2.82. The van der Waals surface area contributed by atoms with E-state index in [9.17, 15) is 22.7 Å². The van der Waals surface area contributed by atoms with Crippen molar-refractivity contribution in [3.63, 3.8) is 0 Å². The van der Waals surface area contributed by atoms with Crippen LogP contribution in [0.15, 0.2) is 0 Å². The zero-order valence-corrected chi connectivity index (χ0v) is 12.3. The number of alkyl halides is 4. The minimum atomic E-state index is -4.07. The molecule has 0 spiro atoms. The molecule has 0 amide bonds. The summed E-state index contributed by atoms with van der Waals surface area (Å²) in [5.41, 5.74) is 0. The zero-order valence-electron chi connectivity index (χ0n) is 12.3. The molecule has 1 rings (SSSR count). The minimum absolute atomic E-state index is 0.0361. The number of hydrogen-bond acceptors (Lipinski definition) is 3. The van der Waals surface area contributed by atoms with Crippen molar-refractivity contribution in [2.75, 3.05) is 19.7 Å². The third-order valence-corrected chi connectivity index (χ3v) is 3.93. The molecule has 126 valence electrons. The highest BCUT2D eigenvalue weighted by Gasteiger charge is 2.40. The van der Waals surface area contributed by atoms with Crippen molar-refractivity contribution in [3.05, 3.63) is 0 Å². The standard InChI is InChI=1S/C14H25F4NO2/c1-2-10-5-3-4-6-12(10)21-8-11(20)7-19-9-14(17,18)13(15)16/h10-13,19-20H,2-9H2,1H3. The van der Waals surface area contributed by atoms with Gasteiger partial charge in [0.1, 0.15) is 0 Å². The van der Waals surface area contributed by atoms with Gasteiger partial charge in [0.2, 0.25) is 0 Å². The molecule has 0 saturated heterocycles. The number of ether oxygens (including phenoxy) is 1. The second-order valence-corrected chi connectivity index (χ2v) is 5.67. The predicted molar refractivity (Wildman–Crippen MR) is 71.8 cm³/mol. The third-order valence-electron chi connectivity index (χ3n) is 3.93. The van der Waals surface area contributed by atoms with E-state index in [-0.39, 0.29) is 19.3 Å². The smallest absolute Gasteiger partial charge is 0.319 e. The van der Waals surface area contributed by atoms with Gasteiger partial charge in [-0.25, -0.2) is 8.78 Å². The molecule has 0 radical (unpaired) electrons. The van der Waals surface area contributed by atoms with E-state index >= 15 is 0 Å². The Kier molecular flexibility index (Phi) is 7.90. The molecule has 0 heterocycles. The van der Waals surface area contributed by atoms with E-state index in [0.717, 1.165) is 25.7 Å². The Morgan fingerprint density at radius 2 is 1.95 bits per heavy atom. The van der Waals surface area contributed by atoms with Crippen molar-refractivity contribution in [2.45, 2.75) is 63.6 Å². The highest BCUT2D eigenvalue weighted by atomic mass is 19.3. The Morgan fingerprint density at radius 1 is 1.29 bits per heavy atom. The van der Waals surface area contributed by atoms with Crippen molar-refractivity contribution < 1.29 is 27.4 Å². The second-order valence-electron chi connectivity index (χ2n) is 5.67. The van der Waals surface area contributed by atoms with Gasteiger partial charge in [0.15, 0.2) is 0 Å². The third kappa shape index (κ3) is 6.48. The maximum absolute atomic E-state index is 12.6. The molecule has 3 atom stereocenters. The van der Waals surface area contributed by atoms with Crippen molar-refractivity contribution in [3.8, 4) is 0 Å². The number of aliphatic hydroxyl groups is 1. The number of nitrogens with one attached hydrogen (secondary N) is 1. The summed E-state index contributed by atoms with van der Waals surface area (Å²) in [7, 11) is 0. The van der Waals surface area contributed by atoms with E-state index in [1.807, 2.05) is 0 Å². The highest BCUT2D eigenvalue weighted by molar-refractivity contribution is 4.76. The Balaban J connectivity index is 2.20. The summed E-state index contributed by atoms with van der Waals surface area (Å²) >= 11 is 0. The van der Waals surface area contributed by atoms with Gasteiger partial charge in [-0.05, 0) is 18.8 Å². The summed E-state index contributed by atoms with van der Waals surface area (Å²) in [5.74, 6) is -3.60. The van der Waals surface area contributed by atoms with Crippen LogP contribution in [0.1, 0.15) is 39.0 Å². The molecule has 1 saturated carbocycles. The lowest BCUT2D eigenvalue weighted by molar-refractivity contribution is -0.126. The number of rotatable bonds is 9. The van der Waals surface area contributed by atoms with Crippen LogP contribution < -0.4 is 5.32 Å². The molecular formula is C14H25F4NO2. The summed E-state index contributed by atoms with van der Waals surface area (Å²) in [5, 5.41) is 11.8. The van der Waals surface area contributed by atoms with Crippen molar-refractivity contribution in [2.24, 2.45) is 5.92 Å². The lowest BCUT2D eigenvalue weighted by Crippen LogP contribution is -2.42. The molecule has 0 aromatic heterocycles. The average Bonchev–Trinajstić information content (AvgIpc) is 2.45. The van der Waals surface area contributed by atoms with Gasteiger partial charge in [0.05, 0.1) is 25.4 Å². The molecule has 2 N–H and O–H groups in total. The molecule has 1 aliphatic carbocycles. The quantitative estimate of drug-likeness (QED) is 0.643. The summed E-state index contributed by atoms with van der Waals surface area (Å²) < 4.78 is 54.8. The molecule has 7 heteroatoms. The van der Waals surface area contributed by atoms with Gasteiger partial charge in [-0.15, -0.1) is 0 Å². The number of halogens is 4. The van der Waals surface area contributed by atoms with Gasteiger partial charge in [-0.3, -0.25) is 0 Å². The van der Waals surface area contributed by atoms with Gasteiger partial charge in [-0.2, -0.15) is 8.78 Å². The van der Waals surface area contributed by atoms with Crippen LogP contribution in [-0.4, -0.2) is 49.4 Å². The summed E-state index contributed by atoms with van der Waals surface area (Å²) in [6, 6.07) is 0. The summed E-state index contributed by atoms with van der Waals surface area (Å²) in [4.78, 5) is 0. The van der Waals surface area contributed by atoms with Crippen LogP contribution in [0.5, 0.6) is 0 Å². The van der Waals surface area contributed by atoms with Crippen LogP contribution in [0.4, 0.5) is 17.6 Å². The Bertz CT molecular complexity index is 292. The molecular weight excluding hydrogens is 290 g/mol. The average molecular weight is 315 g/mol. The molecule has 0 aromatic rings. The number of hydrogen-bond donors (Lipinski definition) is 2. The maximum atomic E-state index is 12.6. The van der Waals surface area contributed by atoms with Crippen molar-refractivity contribution in [1.29, 1.82) is 0 Å². The van der Waals surface area contributed by atoms with Crippen molar-refractivity contribution >= 4 is 0 Å². The lowest BCUT2D eigenvalue weighted by Gasteiger charge is -2.31. The fraction of sp³-hybridized carbons (Fsp3) is 1.00. The Morgan fingerprint density at radius 3 is 2.57 bits per heavy atom.